The normalized spacial score (nSPS) is 26.9. The molecule has 6 nitrogen and oxygen atoms in total. The van der Waals surface area contributed by atoms with Crippen LogP contribution >= 0.6 is 11.5 Å². The van der Waals surface area contributed by atoms with Crippen molar-refractivity contribution >= 4 is 32.2 Å². The maximum absolute atomic E-state index is 12.4. The highest BCUT2D eigenvalue weighted by Gasteiger charge is 2.40. The lowest BCUT2D eigenvalue weighted by Gasteiger charge is -2.12. The number of nitrogens with two attached hydrogens (primary N) is 1. The fourth-order valence-corrected chi connectivity index (χ4v) is 5.59. The van der Waals surface area contributed by atoms with Gasteiger partial charge in [0.05, 0.1) is 11.4 Å². The molecule has 0 bridgehead atoms. The lowest BCUT2D eigenvalue weighted by Crippen LogP contribution is -2.15. The topological polar surface area (TPSA) is 105 Å². The summed E-state index contributed by atoms with van der Waals surface area (Å²) >= 11 is 1.10. The number of sulfone groups is 1. The fraction of sp³-hybridized carbons (Fsp3) is 0.750. The van der Waals surface area contributed by atoms with Gasteiger partial charge in [-0.2, -0.15) is 4.37 Å². The Morgan fingerprint density at radius 1 is 1.35 bits per heavy atom. The Balaban J connectivity index is 1.74. The maximum Gasteiger partial charge on any atom is 0.187 e. The van der Waals surface area contributed by atoms with Crippen LogP contribution in [0.3, 0.4) is 0 Å². The predicted octanol–water partition coefficient (Wildman–Crippen LogP) is 1.23. The van der Waals surface area contributed by atoms with E-state index in [0.717, 1.165) is 30.8 Å². The number of nitrogen functional groups attached to an aromatic ring is 1. The van der Waals surface area contributed by atoms with E-state index in [4.69, 9.17) is 5.73 Å². The van der Waals surface area contributed by atoms with Crippen molar-refractivity contribution in [3.8, 4) is 0 Å². The summed E-state index contributed by atoms with van der Waals surface area (Å²) in [4.78, 5) is 0.184. The number of anilines is 2. The summed E-state index contributed by atoms with van der Waals surface area (Å²) < 4.78 is 28.7. The Kier molecular flexibility index (Phi) is 3.64. The Morgan fingerprint density at radius 2 is 2.10 bits per heavy atom. The third kappa shape index (κ3) is 2.64. The summed E-state index contributed by atoms with van der Waals surface area (Å²) in [5.41, 5.74) is 5.74. The Morgan fingerprint density at radius 3 is 2.70 bits per heavy atom. The predicted molar refractivity (Wildman–Crippen MR) is 78.6 cm³/mol. The summed E-state index contributed by atoms with van der Waals surface area (Å²) in [6.45, 7) is 0.659. The second-order valence-electron chi connectivity index (χ2n) is 5.68. The van der Waals surface area contributed by atoms with E-state index in [1.165, 1.54) is 0 Å². The largest absolute Gasteiger partial charge is 0.393 e. The van der Waals surface area contributed by atoms with Gasteiger partial charge in [0.1, 0.15) is 9.90 Å². The molecule has 112 valence electrons. The van der Waals surface area contributed by atoms with Gasteiger partial charge in [-0.25, -0.2) is 8.42 Å². The average molecular weight is 317 g/mol. The number of nitrogens with zero attached hydrogens (tertiary/aromatic N) is 1. The molecule has 0 saturated heterocycles. The van der Waals surface area contributed by atoms with Crippen LogP contribution in [0.15, 0.2) is 4.90 Å². The van der Waals surface area contributed by atoms with Gasteiger partial charge in [-0.3, -0.25) is 0 Å². The monoisotopic (exact) mass is 317 g/mol. The van der Waals surface area contributed by atoms with Gasteiger partial charge >= 0.3 is 0 Å². The molecule has 2 aliphatic rings. The molecule has 1 aromatic rings. The smallest absolute Gasteiger partial charge is 0.187 e. The second-order valence-corrected chi connectivity index (χ2v) is 8.62. The Bertz CT molecular complexity index is 595. The van der Waals surface area contributed by atoms with E-state index in [-0.39, 0.29) is 22.1 Å². The van der Waals surface area contributed by atoms with Crippen molar-refractivity contribution in [3.63, 3.8) is 0 Å². The SMILES string of the molecule is Nc1nsc(NCC2CCC(O)C2)c1S(=O)(=O)C1CC1. The summed E-state index contributed by atoms with van der Waals surface area (Å²) in [6.07, 6.45) is 3.77. The fourth-order valence-electron chi connectivity index (χ4n) is 2.70. The molecule has 8 heteroatoms. The van der Waals surface area contributed by atoms with E-state index in [2.05, 4.69) is 9.69 Å². The lowest BCUT2D eigenvalue weighted by molar-refractivity contribution is 0.178. The van der Waals surface area contributed by atoms with E-state index >= 15 is 0 Å². The molecule has 20 heavy (non-hydrogen) atoms. The second kappa shape index (κ2) is 5.16. The molecule has 3 rings (SSSR count). The Labute approximate surface area is 122 Å². The van der Waals surface area contributed by atoms with Crippen molar-refractivity contribution in [2.45, 2.75) is 48.4 Å². The first-order valence-electron chi connectivity index (χ1n) is 6.89. The first kappa shape index (κ1) is 14.1. The molecule has 2 atom stereocenters. The van der Waals surface area contributed by atoms with Crippen LogP contribution in [-0.4, -0.2) is 35.8 Å². The quantitative estimate of drug-likeness (QED) is 0.754. The molecule has 2 aliphatic carbocycles. The van der Waals surface area contributed by atoms with Crippen molar-refractivity contribution in [1.29, 1.82) is 0 Å². The van der Waals surface area contributed by atoms with Gasteiger partial charge in [0.25, 0.3) is 0 Å². The first-order valence-corrected chi connectivity index (χ1v) is 9.21. The van der Waals surface area contributed by atoms with E-state index in [1.807, 2.05) is 0 Å². The van der Waals surface area contributed by atoms with E-state index in [9.17, 15) is 13.5 Å². The van der Waals surface area contributed by atoms with Crippen molar-refractivity contribution in [3.05, 3.63) is 0 Å². The molecule has 2 saturated carbocycles. The zero-order chi connectivity index (χ0) is 14.3. The third-order valence-electron chi connectivity index (χ3n) is 3.99. The van der Waals surface area contributed by atoms with Crippen LogP contribution in [0.4, 0.5) is 10.8 Å². The standard InChI is InChI=1S/C12H19N3O3S2/c13-11-10(20(17,18)9-3-4-9)12(19-15-11)14-6-7-1-2-8(16)5-7/h7-9,14,16H,1-6H2,(H2,13,15). The van der Waals surface area contributed by atoms with Crippen LogP contribution in [0.2, 0.25) is 0 Å². The molecule has 0 spiro atoms. The van der Waals surface area contributed by atoms with Gasteiger partial charge in [0.2, 0.25) is 0 Å². The number of hydrogen-bond donors (Lipinski definition) is 3. The number of aliphatic hydroxyl groups excluding tert-OH is 1. The Hall–Kier alpha value is -0.860. The molecule has 2 fully saturated rings. The summed E-state index contributed by atoms with van der Waals surface area (Å²) in [5, 5.41) is 13.0. The van der Waals surface area contributed by atoms with Crippen molar-refractivity contribution in [2.75, 3.05) is 17.6 Å². The van der Waals surface area contributed by atoms with Gasteiger partial charge in [0.15, 0.2) is 15.7 Å². The summed E-state index contributed by atoms with van der Waals surface area (Å²) in [5.74, 6) is 0.487. The van der Waals surface area contributed by atoms with Crippen molar-refractivity contribution in [1.82, 2.24) is 4.37 Å². The highest BCUT2D eigenvalue weighted by molar-refractivity contribution is 7.92. The van der Waals surface area contributed by atoms with Crippen LogP contribution in [0, 0.1) is 5.92 Å². The van der Waals surface area contributed by atoms with Gasteiger partial charge in [-0.1, -0.05) is 0 Å². The number of hydrogen-bond acceptors (Lipinski definition) is 7. The molecular formula is C12H19N3O3S2. The minimum absolute atomic E-state index is 0.107. The molecule has 1 heterocycles. The molecule has 0 radical (unpaired) electrons. The van der Waals surface area contributed by atoms with Crippen LogP contribution in [0.25, 0.3) is 0 Å². The number of aliphatic hydroxyl groups is 1. The number of rotatable bonds is 5. The van der Waals surface area contributed by atoms with Crippen LogP contribution in [0.5, 0.6) is 0 Å². The van der Waals surface area contributed by atoms with Crippen LogP contribution in [-0.2, 0) is 9.84 Å². The zero-order valence-corrected chi connectivity index (χ0v) is 12.7. The van der Waals surface area contributed by atoms with Gasteiger partial charge in [-0.05, 0) is 49.6 Å². The molecular weight excluding hydrogens is 298 g/mol. The maximum atomic E-state index is 12.4. The van der Waals surface area contributed by atoms with E-state index in [0.29, 0.717) is 30.3 Å². The molecule has 2 unspecified atom stereocenters. The zero-order valence-electron chi connectivity index (χ0n) is 11.1. The first-order chi connectivity index (χ1) is 9.48. The lowest BCUT2D eigenvalue weighted by atomic mass is 10.1. The van der Waals surface area contributed by atoms with E-state index in [1.54, 1.807) is 0 Å². The molecule has 0 amide bonds. The highest BCUT2D eigenvalue weighted by Crippen LogP contribution is 2.41. The van der Waals surface area contributed by atoms with E-state index < -0.39 is 9.84 Å². The number of nitrogens with one attached hydrogen (secondary N) is 1. The van der Waals surface area contributed by atoms with Crippen molar-refractivity contribution in [2.24, 2.45) is 5.92 Å². The highest BCUT2D eigenvalue weighted by atomic mass is 32.2. The number of aromatic nitrogens is 1. The van der Waals surface area contributed by atoms with Crippen LogP contribution in [0.1, 0.15) is 32.1 Å². The molecule has 0 aliphatic heterocycles. The van der Waals surface area contributed by atoms with Gasteiger partial charge in [0, 0.05) is 6.54 Å². The third-order valence-corrected chi connectivity index (χ3v) is 7.27. The van der Waals surface area contributed by atoms with Gasteiger partial charge < -0.3 is 16.2 Å². The van der Waals surface area contributed by atoms with Crippen LogP contribution < -0.4 is 11.1 Å². The summed E-state index contributed by atoms with van der Waals surface area (Å²) in [6, 6.07) is 0. The molecule has 1 aromatic heterocycles. The minimum Gasteiger partial charge on any atom is -0.393 e. The molecule has 0 aromatic carbocycles. The minimum atomic E-state index is -3.33. The average Bonchev–Trinajstić information content (AvgIpc) is 3.08. The van der Waals surface area contributed by atoms with Crippen molar-refractivity contribution < 1.29 is 13.5 Å². The van der Waals surface area contributed by atoms with Gasteiger partial charge in [-0.15, -0.1) is 0 Å². The summed E-state index contributed by atoms with van der Waals surface area (Å²) in [7, 11) is -3.33. The molecule has 4 N–H and O–H groups in total.